The van der Waals surface area contributed by atoms with E-state index in [1.54, 1.807) is 0 Å². The number of nitrogens with zero attached hydrogens (tertiary/aromatic N) is 3. The van der Waals surface area contributed by atoms with Gasteiger partial charge < -0.3 is 10.4 Å². The molecule has 0 aromatic carbocycles. The second-order valence-electron chi connectivity index (χ2n) is 3.71. The van der Waals surface area contributed by atoms with Gasteiger partial charge >= 0.3 is 0 Å². The van der Waals surface area contributed by atoms with Crippen LogP contribution in [0.15, 0.2) is 0 Å². The lowest BCUT2D eigenvalue weighted by atomic mass is 10.1. The SMILES string of the molecule is Cc1c(CO)nnn1C1CCNCC1. The largest absolute Gasteiger partial charge is 0.390 e. The molecule has 2 rings (SSSR count). The van der Waals surface area contributed by atoms with Crippen LogP contribution in [-0.4, -0.2) is 33.2 Å². The lowest BCUT2D eigenvalue weighted by Crippen LogP contribution is -2.30. The average Bonchev–Trinajstić information content (AvgIpc) is 2.61. The highest BCUT2D eigenvalue weighted by Crippen LogP contribution is 2.19. The molecule has 1 fully saturated rings. The topological polar surface area (TPSA) is 63.0 Å². The zero-order chi connectivity index (χ0) is 9.97. The minimum Gasteiger partial charge on any atom is -0.390 e. The van der Waals surface area contributed by atoms with Gasteiger partial charge in [-0.15, -0.1) is 5.10 Å². The van der Waals surface area contributed by atoms with Gasteiger partial charge in [-0.2, -0.15) is 0 Å². The van der Waals surface area contributed by atoms with Gasteiger partial charge in [-0.25, -0.2) is 4.68 Å². The minimum absolute atomic E-state index is 0.0171. The van der Waals surface area contributed by atoms with Gasteiger partial charge in [0.15, 0.2) is 0 Å². The van der Waals surface area contributed by atoms with Crippen LogP contribution in [0.5, 0.6) is 0 Å². The van der Waals surface area contributed by atoms with Gasteiger partial charge in [-0.3, -0.25) is 0 Å². The summed E-state index contributed by atoms with van der Waals surface area (Å²) in [5, 5.41) is 20.4. The van der Waals surface area contributed by atoms with Crippen molar-refractivity contribution in [3.05, 3.63) is 11.4 Å². The maximum absolute atomic E-state index is 9.00. The summed E-state index contributed by atoms with van der Waals surface area (Å²) in [7, 11) is 0. The Morgan fingerprint density at radius 2 is 2.21 bits per heavy atom. The Bertz CT molecular complexity index is 304. The molecule has 5 nitrogen and oxygen atoms in total. The highest BCUT2D eigenvalue weighted by Gasteiger charge is 2.19. The van der Waals surface area contributed by atoms with Crippen LogP contribution in [0.25, 0.3) is 0 Å². The van der Waals surface area contributed by atoms with Crippen molar-refractivity contribution >= 4 is 0 Å². The van der Waals surface area contributed by atoms with Crippen LogP contribution in [0.3, 0.4) is 0 Å². The Labute approximate surface area is 83.1 Å². The highest BCUT2D eigenvalue weighted by atomic mass is 16.3. The third-order valence-electron chi connectivity index (χ3n) is 2.83. The molecule has 0 atom stereocenters. The van der Waals surface area contributed by atoms with E-state index in [2.05, 4.69) is 15.6 Å². The molecule has 0 spiro atoms. The summed E-state index contributed by atoms with van der Waals surface area (Å²) in [6.07, 6.45) is 2.18. The van der Waals surface area contributed by atoms with E-state index in [1.807, 2.05) is 11.6 Å². The zero-order valence-corrected chi connectivity index (χ0v) is 8.40. The number of aliphatic hydroxyl groups is 1. The van der Waals surface area contributed by atoms with Crippen molar-refractivity contribution in [1.29, 1.82) is 0 Å². The van der Waals surface area contributed by atoms with Crippen LogP contribution in [0.4, 0.5) is 0 Å². The van der Waals surface area contributed by atoms with Crippen molar-refractivity contribution in [2.45, 2.75) is 32.4 Å². The number of piperidine rings is 1. The molecule has 0 radical (unpaired) electrons. The molecule has 1 aromatic heterocycles. The van der Waals surface area contributed by atoms with Gasteiger partial charge in [-0.1, -0.05) is 5.21 Å². The summed E-state index contributed by atoms with van der Waals surface area (Å²) < 4.78 is 1.95. The van der Waals surface area contributed by atoms with E-state index >= 15 is 0 Å². The second-order valence-corrected chi connectivity index (χ2v) is 3.71. The Kier molecular flexibility index (Phi) is 2.79. The summed E-state index contributed by atoms with van der Waals surface area (Å²) in [5.74, 6) is 0. The first-order valence-electron chi connectivity index (χ1n) is 5.05. The van der Waals surface area contributed by atoms with Crippen molar-refractivity contribution in [1.82, 2.24) is 20.3 Å². The van der Waals surface area contributed by atoms with Crippen LogP contribution < -0.4 is 5.32 Å². The maximum atomic E-state index is 9.00. The first-order chi connectivity index (χ1) is 6.83. The second kappa shape index (κ2) is 4.06. The molecule has 78 valence electrons. The molecule has 1 aliphatic heterocycles. The van der Waals surface area contributed by atoms with E-state index in [1.165, 1.54) is 0 Å². The predicted molar refractivity (Wildman–Crippen MR) is 51.8 cm³/mol. The lowest BCUT2D eigenvalue weighted by Gasteiger charge is -2.23. The van der Waals surface area contributed by atoms with E-state index in [0.717, 1.165) is 31.6 Å². The predicted octanol–water partition coefficient (Wildman–Crippen LogP) is 0.00332. The number of aliphatic hydroxyl groups excluding tert-OH is 1. The lowest BCUT2D eigenvalue weighted by molar-refractivity contribution is 0.275. The first-order valence-corrected chi connectivity index (χ1v) is 5.05. The number of hydrogen-bond acceptors (Lipinski definition) is 4. The van der Waals surface area contributed by atoms with Crippen LogP contribution in [-0.2, 0) is 6.61 Å². The molecular formula is C9H16N4O. The number of rotatable bonds is 2. The van der Waals surface area contributed by atoms with Gasteiger partial charge in [0.1, 0.15) is 5.69 Å². The van der Waals surface area contributed by atoms with Crippen LogP contribution in [0.1, 0.15) is 30.3 Å². The molecule has 0 amide bonds. The number of hydrogen-bond donors (Lipinski definition) is 2. The summed E-state index contributed by atoms with van der Waals surface area (Å²) in [4.78, 5) is 0. The summed E-state index contributed by atoms with van der Waals surface area (Å²) >= 11 is 0. The molecule has 0 bridgehead atoms. The fourth-order valence-electron chi connectivity index (χ4n) is 1.92. The van der Waals surface area contributed by atoms with Crippen molar-refractivity contribution in [2.75, 3.05) is 13.1 Å². The van der Waals surface area contributed by atoms with Gasteiger partial charge in [0, 0.05) is 0 Å². The van der Waals surface area contributed by atoms with Gasteiger partial charge in [0.25, 0.3) is 0 Å². The standard InChI is InChI=1S/C9H16N4O/c1-7-9(6-14)11-12-13(7)8-2-4-10-5-3-8/h8,10,14H,2-6H2,1H3. The van der Waals surface area contributed by atoms with Crippen molar-refractivity contribution < 1.29 is 5.11 Å². The van der Waals surface area contributed by atoms with Crippen molar-refractivity contribution in [2.24, 2.45) is 0 Å². The van der Waals surface area contributed by atoms with Crippen molar-refractivity contribution in [3.8, 4) is 0 Å². The average molecular weight is 196 g/mol. The van der Waals surface area contributed by atoms with Crippen LogP contribution >= 0.6 is 0 Å². The Balaban J connectivity index is 2.18. The quantitative estimate of drug-likeness (QED) is 0.699. The molecule has 1 aromatic rings. The third kappa shape index (κ3) is 1.65. The molecule has 0 saturated carbocycles. The Morgan fingerprint density at radius 3 is 2.79 bits per heavy atom. The number of aromatic nitrogens is 3. The normalized spacial score (nSPS) is 18.7. The Hall–Kier alpha value is -0.940. The first kappa shape index (κ1) is 9.61. The molecule has 1 aliphatic rings. The smallest absolute Gasteiger partial charge is 0.111 e. The maximum Gasteiger partial charge on any atom is 0.111 e. The van der Waals surface area contributed by atoms with E-state index in [-0.39, 0.29) is 6.61 Å². The number of nitrogens with one attached hydrogen (secondary N) is 1. The van der Waals surface area contributed by atoms with E-state index in [9.17, 15) is 0 Å². The van der Waals surface area contributed by atoms with Crippen LogP contribution in [0.2, 0.25) is 0 Å². The fraction of sp³-hybridized carbons (Fsp3) is 0.778. The van der Waals surface area contributed by atoms with E-state index < -0.39 is 0 Å². The molecule has 1 saturated heterocycles. The summed E-state index contributed by atoms with van der Waals surface area (Å²) in [5.41, 5.74) is 1.70. The zero-order valence-electron chi connectivity index (χ0n) is 8.40. The minimum atomic E-state index is -0.0171. The molecule has 5 heteroatoms. The molecule has 0 unspecified atom stereocenters. The fourth-order valence-corrected chi connectivity index (χ4v) is 1.92. The van der Waals surface area contributed by atoms with E-state index in [0.29, 0.717) is 11.7 Å². The van der Waals surface area contributed by atoms with Crippen LogP contribution in [0, 0.1) is 6.92 Å². The summed E-state index contributed by atoms with van der Waals surface area (Å²) in [6, 6.07) is 0.448. The molecule has 14 heavy (non-hydrogen) atoms. The highest BCUT2D eigenvalue weighted by molar-refractivity contribution is 5.07. The van der Waals surface area contributed by atoms with E-state index in [4.69, 9.17) is 5.11 Å². The monoisotopic (exact) mass is 196 g/mol. The molecule has 2 N–H and O–H groups in total. The van der Waals surface area contributed by atoms with Gasteiger partial charge in [-0.05, 0) is 32.9 Å². The molecular weight excluding hydrogens is 180 g/mol. The molecule has 0 aliphatic carbocycles. The Morgan fingerprint density at radius 1 is 1.50 bits per heavy atom. The van der Waals surface area contributed by atoms with Crippen molar-refractivity contribution in [3.63, 3.8) is 0 Å². The third-order valence-corrected chi connectivity index (χ3v) is 2.83. The van der Waals surface area contributed by atoms with Gasteiger partial charge in [0.05, 0.1) is 18.3 Å². The summed E-state index contributed by atoms with van der Waals surface area (Å²) in [6.45, 7) is 4.03. The van der Waals surface area contributed by atoms with Gasteiger partial charge in [0.2, 0.25) is 0 Å². The molecule has 2 heterocycles.